The first-order valence-corrected chi connectivity index (χ1v) is 9.16. The molecule has 1 unspecified atom stereocenters. The molecule has 0 fully saturated rings. The highest BCUT2D eigenvalue weighted by atomic mass is 32.1. The minimum Gasteiger partial charge on any atom is -0.493 e. The zero-order chi connectivity index (χ0) is 18.8. The summed E-state index contributed by atoms with van der Waals surface area (Å²) < 4.78 is 10.5. The Kier molecular flexibility index (Phi) is 5.18. The molecule has 0 radical (unpaired) electrons. The standard InChI is InChI=1S/C19H21NO5S/c1-10-4-5-15-11(6-10)9-16(26-15)18(21)20-13-7-12(19(22)23)8-14(24-2)17(13)25-3/h7-10H,4-6H2,1-3H3,(H,20,21)(H,22,23). The van der Waals surface area contributed by atoms with E-state index in [2.05, 4.69) is 12.2 Å². The number of hydrogen-bond donors (Lipinski definition) is 2. The molecule has 1 atom stereocenters. The van der Waals surface area contributed by atoms with Gasteiger partial charge in [0.15, 0.2) is 11.5 Å². The third kappa shape index (κ3) is 3.53. The van der Waals surface area contributed by atoms with Crippen molar-refractivity contribution in [3.8, 4) is 11.5 Å². The van der Waals surface area contributed by atoms with Crippen LogP contribution in [0.5, 0.6) is 11.5 Å². The molecule has 0 aliphatic heterocycles. The van der Waals surface area contributed by atoms with Crippen LogP contribution in [0.15, 0.2) is 18.2 Å². The first kappa shape index (κ1) is 18.3. The number of rotatable bonds is 5. The van der Waals surface area contributed by atoms with Gasteiger partial charge in [-0.15, -0.1) is 11.3 Å². The summed E-state index contributed by atoms with van der Waals surface area (Å²) in [7, 11) is 2.86. The van der Waals surface area contributed by atoms with Gasteiger partial charge in [-0.1, -0.05) is 6.92 Å². The van der Waals surface area contributed by atoms with Crippen LogP contribution in [-0.2, 0) is 12.8 Å². The van der Waals surface area contributed by atoms with Gasteiger partial charge in [0, 0.05) is 4.88 Å². The number of carboxylic acids is 1. The fraction of sp³-hybridized carbons (Fsp3) is 0.368. The Morgan fingerprint density at radius 3 is 2.65 bits per heavy atom. The number of benzene rings is 1. The first-order valence-electron chi connectivity index (χ1n) is 8.35. The molecule has 0 bridgehead atoms. The predicted molar refractivity (Wildman–Crippen MR) is 100.0 cm³/mol. The molecule has 3 rings (SSSR count). The third-order valence-electron chi connectivity index (χ3n) is 4.53. The molecule has 6 nitrogen and oxygen atoms in total. The van der Waals surface area contributed by atoms with Crippen LogP contribution >= 0.6 is 11.3 Å². The maximum atomic E-state index is 12.7. The molecule has 0 saturated heterocycles. The van der Waals surface area contributed by atoms with Crippen LogP contribution in [0.4, 0.5) is 5.69 Å². The Balaban J connectivity index is 1.91. The van der Waals surface area contributed by atoms with E-state index in [1.807, 2.05) is 6.07 Å². The van der Waals surface area contributed by atoms with Crippen LogP contribution in [0.2, 0.25) is 0 Å². The monoisotopic (exact) mass is 375 g/mol. The summed E-state index contributed by atoms with van der Waals surface area (Å²) in [5, 5.41) is 12.0. The highest BCUT2D eigenvalue weighted by Gasteiger charge is 2.22. The maximum absolute atomic E-state index is 12.7. The zero-order valence-electron chi connectivity index (χ0n) is 14.9. The van der Waals surface area contributed by atoms with Gasteiger partial charge in [-0.2, -0.15) is 0 Å². The molecular formula is C19H21NO5S. The second-order valence-electron chi connectivity index (χ2n) is 6.43. The van der Waals surface area contributed by atoms with Gasteiger partial charge in [-0.05, 0) is 48.9 Å². The van der Waals surface area contributed by atoms with Crippen LogP contribution in [0.25, 0.3) is 0 Å². The summed E-state index contributed by atoms with van der Waals surface area (Å²) in [6, 6.07) is 4.68. The van der Waals surface area contributed by atoms with Crippen molar-refractivity contribution in [2.45, 2.75) is 26.2 Å². The molecule has 1 aliphatic carbocycles. The summed E-state index contributed by atoms with van der Waals surface area (Å²) in [5.41, 5.74) is 1.52. The van der Waals surface area contributed by atoms with E-state index in [0.717, 1.165) is 19.3 Å². The average Bonchev–Trinajstić information content (AvgIpc) is 3.04. The number of hydrogen-bond acceptors (Lipinski definition) is 5. The number of nitrogens with one attached hydrogen (secondary N) is 1. The molecule has 0 saturated carbocycles. The summed E-state index contributed by atoms with van der Waals surface area (Å²) in [6.07, 6.45) is 3.13. The van der Waals surface area contributed by atoms with Gasteiger partial charge in [-0.3, -0.25) is 4.79 Å². The maximum Gasteiger partial charge on any atom is 0.335 e. The van der Waals surface area contributed by atoms with Gasteiger partial charge < -0.3 is 19.9 Å². The number of ether oxygens (including phenoxy) is 2. The van der Waals surface area contributed by atoms with Gasteiger partial charge in [0.25, 0.3) is 5.91 Å². The van der Waals surface area contributed by atoms with Crippen LogP contribution in [-0.4, -0.2) is 31.2 Å². The van der Waals surface area contributed by atoms with Crippen molar-refractivity contribution in [3.05, 3.63) is 39.1 Å². The van der Waals surface area contributed by atoms with E-state index in [0.29, 0.717) is 16.5 Å². The Hall–Kier alpha value is -2.54. The van der Waals surface area contributed by atoms with E-state index in [1.54, 1.807) is 0 Å². The highest BCUT2D eigenvalue weighted by Crippen LogP contribution is 2.38. The van der Waals surface area contributed by atoms with Crippen LogP contribution < -0.4 is 14.8 Å². The number of carbonyl (C=O) groups is 2. The number of methoxy groups -OCH3 is 2. The lowest BCUT2D eigenvalue weighted by molar-refractivity contribution is 0.0696. The van der Waals surface area contributed by atoms with Crippen LogP contribution in [0.1, 0.15) is 43.8 Å². The molecule has 0 spiro atoms. The first-order chi connectivity index (χ1) is 12.4. The minimum absolute atomic E-state index is 0.0113. The van der Waals surface area contributed by atoms with E-state index in [-0.39, 0.29) is 22.9 Å². The van der Waals surface area contributed by atoms with Gasteiger partial charge in [0.1, 0.15) is 0 Å². The fourth-order valence-corrected chi connectivity index (χ4v) is 4.29. The lowest BCUT2D eigenvalue weighted by Crippen LogP contribution is -2.12. The number of carboxylic acid groups (broad SMARTS) is 1. The van der Waals surface area contributed by atoms with E-state index in [9.17, 15) is 14.7 Å². The summed E-state index contributed by atoms with van der Waals surface area (Å²) in [5.74, 6) is -0.214. The number of carbonyl (C=O) groups excluding carboxylic acids is 1. The minimum atomic E-state index is -1.11. The summed E-state index contributed by atoms with van der Waals surface area (Å²) in [4.78, 5) is 25.9. The number of thiophene rings is 1. The van der Waals surface area contributed by atoms with E-state index >= 15 is 0 Å². The Morgan fingerprint density at radius 2 is 2.00 bits per heavy atom. The Bertz CT molecular complexity index is 858. The second kappa shape index (κ2) is 7.37. The normalized spacial score (nSPS) is 15.9. The highest BCUT2D eigenvalue weighted by molar-refractivity contribution is 7.14. The molecule has 1 aromatic carbocycles. The molecule has 1 aromatic heterocycles. The van der Waals surface area contributed by atoms with Crippen molar-refractivity contribution in [2.75, 3.05) is 19.5 Å². The van der Waals surface area contributed by atoms with Crippen LogP contribution in [0, 0.1) is 5.92 Å². The summed E-state index contributed by atoms with van der Waals surface area (Å²) >= 11 is 1.50. The van der Waals surface area contributed by atoms with E-state index < -0.39 is 5.97 Å². The smallest absolute Gasteiger partial charge is 0.335 e. The molecule has 138 valence electrons. The van der Waals surface area contributed by atoms with Crippen molar-refractivity contribution < 1.29 is 24.2 Å². The van der Waals surface area contributed by atoms with Crippen molar-refractivity contribution >= 4 is 28.9 Å². The molecule has 26 heavy (non-hydrogen) atoms. The van der Waals surface area contributed by atoms with Crippen molar-refractivity contribution in [2.24, 2.45) is 5.92 Å². The molecule has 2 aromatic rings. The van der Waals surface area contributed by atoms with Gasteiger partial charge >= 0.3 is 5.97 Å². The zero-order valence-corrected chi connectivity index (χ0v) is 15.7. The SMILES string of the molecule is COc1cc(C(=O)O)cc(NC(=O)c2cc3c(s2)CCC(C)C3)c1OC. The Labute approximate surface area is 155 Å². The van der Waals surface area contributed by atoms with Crippen molar-refractivity contribution in [1.29, 1.82) is 0 Å². The van der Waals surface area contributed by atoms with E-state index in [4.69, 9.17) is 9.47 Å². The molecule has 1 aliphatic rings. The molecule has 1 heterocycles. The molecule has 7 heteroatoms. The third-order valence-corrected chi connectivity index (χ3v) is 5.76. The number of aromatic carboxylic acids is 1. The average molecular weight is 375 g/mol. The second-order valence-corrected chi connectivity index (χ2v) is 7.56. The van der Waals surface area contributed by atoms with Crippen LogP contribution in [0.3, 0.4) is 0 Å². The summed E-state index contributed by atoms with van der Waals surface area (Å²) in [6.45, 7) is 2.22. The lowest BCUT2D eigenvalue weighted by Gasteiger charge is -2.16. The van der Waals surface area contributed by atoms with Gasteiger partial charge in [-0.25, -0.2) is 4.79 Å². The molecular weight excluding hydrogens is 354 g/mol. The number of anilines is 1. The quantitative estimate of drug-likeness (QED) is 0.829. The van der Waals surface area contributed by atoms with Crippen molar-refractivity contribution in [3.63, 3.8) is 0 Å². The van der Waals surface area contributed by atoms with Crippen molar-refractivity contribution in [1.82, 2.24) is 0 Å². The van der Waals surface area contributed by atoms with E-state index in [1.165, 1.54) is 48.1 Å². The number of aryl methyl sites for hydroxylation is 1. The predicted octanol–water partition coefficient (Wildman–Crippen LogP) is 3.84. The lowest BCUT2D eigenvalue weighted by atomic mass is 9.90. The molecule has 2 N–H and O–H groups in total. The largest absolute Gasteiger partial charge is 0.493 e. The topological polar surface area (TPSA) is 84.9 Å². The fourth-order valence-electron chi connectivity index (χ4n) is 3.18. The molecule has 1 amide bonds. The Morgan fingerprint density at radius 1 is 1.23 bits per heavy atom. The van der Waals surface area contributed by atoms with Gasteiger partial charge in [0.2, 0.25) is 0 Å². The number of fused-ring (bicyclic) bond motifs is 1. The van der Waals surface area contributed by atoms with Gasteiger partial charge in [0.05, 0.1) is 30.3 Å². The number of amides is 1.